The Morgan fingerprint density at radius 2 is 2.14 bits per heavy atom. The first kappa shape index (κ1) is 13.7. The Labute approximate surface area is 122 Å². The molecule has 0 aliphatic carbocycles. The molecule has 0 aromatic carbocycles. The highest BCUT2D eigenvalue weighted by Crippen LogP contribution is 2.12. The van der Waals surface area contributed by atoms with Gasteiger partial charge in [-0.1, -0.05) is 12.5 Å². The van der Waals surface area contributed by atoms with Crippen molar-refractivity contribution in [3.05, 3.63) is 24.4 Å². The van der Waals surface area contributed by atoms with Gasteiger partial charge < -0.3 is 0 Å². The predicted octanol–water partition coefficient (Wildman–Crippen LogP) is 1.29. The largest absolute Gasteiger partial charge is 0.295 e. The molecule has 1 aliphatic heterocycles. The average molecular weight is 286 g/mol. The van der Waals surface area contributed by atoms with Gasteiger partial charge in [-0.2, -0.15) is 4.98 Å². The van der Waals surface area contributed by atoms with Gasteiger partial charge in [-0.3, -0.25) is 25.1 Å². The Kier molecular flexibility index (Phi) is 4.20. The molecule has 0 spiro atoms. The van der Waals surface area contributed by atoms with E-state index in [0.29, 0.717) is 18.1 Å². The van der Waals surface area contributed by atoms with Gasteiger partial charge in [-0.25, -0.2) is 0 Å². The summed E-state index contributed by atoms with van der Waals surface area (Å²) in [5.74, 6) is 0.755. The van der Waals surface area contributed by atoms with Crippen LogP contribution in [0.1, 0.15) is 19.3 Å². The van der Waals surface area contributed by atoms with E-state index in [0.717, 1.165) is 25.9 Å². The topological polar surface area (TPSA) is 86.8 Å². The number of amides is 1. The Balaban J connectivity index is 1.58. The van der Waals surface area contributed by atoms with Gasteiger partial charge >= 0.3 is 0 Å². The lowest BCUT2D eigenvalue weighted by molar-refractivity contribution is -0.117. The van der Waals surface area contributed by atoms with Crippen LogP contribution in [-0.2, 0) is 4.79 Å². The van der Waals surface area contributed by atoms with Crippen molar-refractivity contribution in [1.29, 1.82) is 0 Å². The summed E-state index contributed by atoms with van der Waals surface area (Å²) in [5, 5.41) is 9.50. The van der Waals surface area contributed by atoms with Crippen LogP contribution in [0.4, 0.5) is 5.95 Å². The van der Waals surface area contributed by atoms with E-state index < -0.39 is 0 Å². The number of piperidine rings is 1. The van der Waals surface area contributed by atoms with Crippen molar-refractivity contribution in [3.63, 3.8) is 0 Å². The fourth-order valence-corrected chi connectivity index (χ4v) is 2.42. The third-order valence-electron chi connectivity index (χ3n) is 3.46. The van der Waals surface area contributed by atoms with Gasteiger partial charge in [0.25, 0.3) is 0 Å². The second kappa shape index (κ2) is 6.45. The molecule has 0 radical (unpaired) electrons. The molecule has 21 heavy (non-hydrogen) atoms. The first-order valence-electron chi connectivity index (χ1n) is 7.17. The molecule has 0 unspecified atom stereocenters. The molecular weight excluding hydrogens is 268 g/mol. The quantitative estimate of drug-likeness (QED) is 0.884. The number of hydrogen-bond donors (Lipinski definition) is 2. The molecule has 2 aromatic heterocycles. The smallest absolute Gasteiger partial charge is 0.249 e. The zero-order valence-corrected chi connectivity index (χ0v) is 11.7. The lowest BCUT2D eigenvalue weighted by Crippen LogP contribution is -2.37. The summed E-state index contributed by atoms with van der Waals surface area (Å²) < 4.78 is 0. The summed E-state index contributed by atoms with van der Waals surface area (Å²) in [6.45, 7) is 2.37. The molecule has 110 valence electrons. The lowest BCUT2D eigenvalue weighted by Gasteiger charge is -2.25. The maximum absolute atomic E-state index is 12.0. The van der Waals surface area contributed by atoms with E-state index in [1.807, 2.05) is 18.2 Å². The summed E-state index contributed by atoms with van der Waals surface area (Å²) in [6.07, 6.45) is 5.27. The van der Waals surface area contributed by atoms with Gasteiger partial charge in [0.2, 0.25) is 11.9 Å². The molecule has 7 nitrogen and oxygen atoms in total. The Morgan fingerprint density at radius 1 is 1.29 bits per heavy atom. The highest BCUT2D eigenvalue weighted by atomic mass is 16.2. The molecule has 0 atom stereocenters. The normalized spacial score (nSPS) is 15.8. The maximum atomic E-state index is 12.0. The zero-order chi connectivity index (χ0) is 14.5. The molecule has 0 bridgehead atoms. The van der Waals surface area contributed by atoms with Crippen molar-refractivity contribution in [1.82, 2.24) is 25.1 Å². The number of aromatic amines is 1. The number of pyridine rings is 1. The molecule has 1 saturated heterocycles. The molecule has 3 rings (SSSR count). The highest BCUT2D eigenvalue weighted by molar-refractivity contribution is 5.90. The molecular formula is C14H18N6O. The highest BCUT2D eigenvalue weighted by Gasteiger charge is 2.15. The SMILES string of the molecule is O=C(CN1CCCCC1)Nc1n[nH]c(-c2ccccn2)n1. The second-order valence-corrected chi connectivity index (χ2v) is 5.11. The van der Waals surface area contributed by atoms with Crippen LogP contribution in [0, 0.1) is 0 Å². The lowest BCUT2D eigenvalue weighted by atomic mass is 10.1. The summed E-state index contributed by atoms with van der Waals surface area (Å²) >= 11 is 0. The van der Waals surface area contributed by atoms with Crippen LogP contribution in [0.3, 0.4) is 0 Å². The number of aromatic nitrogens is 4. The summed E-state index contributed by atoms with van der Waals surface area (Å²) in [6, 6.07) is 5.54. The fraction of sp³-hybridized carbons (Fsp3) is 0.429. The van der Waals surface area contributed by atoms with Crippen LogP contribution < -0.4 is 5.32 Å². The Hall–Kier alpha value is -2.28. The zero-order valence-electron chi connectivity index (χ0n) is 11.7. The molecule has 1 fully saturated rings. The van der Waals surface area contributed by atoms with Crippen molar-refractivity contribution < 1.29 is 4.79 Å². The van der Waals surface area contributed by atoms with E-state index in [4.69, 9.17) is 0 Å². The molecule has 2 aromatic rings. The third-order valence-corrected chi connectivity index (χ3v) is 3.46. The van der Waals surface area contributed by atoms with E-state index in [9.17, 15) is 4.79 Å². The van der Waals surface area contributed by atoms with Gasteiger partial charge in [0, 0.05) is 6.20 Å². The van der Waals surface area contributed by atoms with Crippen LogP contribution in [-0.4, -0.2) is 50.6 Å². The molecule has 1 amide bonds. The second-order valence-electron chi connectivity index (χ2n) is 5.11. The monoisotopic (exact) mass is 286 g/mol. The number of likely N-dealkylation sites (tertiary alicyclic amines) is 1. The van der Waals surface area contributed by atoms with E-state index >= 15 is 0 Å². The van der Waals surface area contributed by atoms with E-state index in [1.54, 1.807) is 6.20 Å². The van der Waals surface area contributed by atoms with Crippen LogP contribution in [0.25, 0.3) is 11.5 Å². The third kappa shape index (κ3) is 3.63. The Morgan fingerprint density at radius 3 is 2.90 bits per heavy atom. The van der Waals surface area contributed by atoms with Crippen molar-refractivity contribution >= 4 is 11.9 Å². The van der Waals surface area contributed by atoms with Crippen molar-refractivity contribution in [2.75, 3.05) is 25.0 Å². The summed E-state index contributed by atoms with van der Waals surface area (Å²) in [4.78, 5) is 22.5. The first-order chi connectivity index (χ1) is 10.3. The number of carbonyl (C=O) groups excluding carboxylic acids is 1. The van der Waals surface area contributed by atoms with Gasteiger partial charge in [-0.05, 0) is 38.1 Å². The molecule has 7 heteroatoms. The summed E-state index contributed by atoms with van der Waals surface area (Å²) in [7, 11) is 0. The van der Waals surface area contributed by atoms with Gasteiger partial charge in [0.15, 0.2) is 5.82 Å². The number of rotatable bonds is 4. The average Bonchev–Trinajstić information content (AvgIpc) is 2.97. The minimum atomic E-state index is -0.0801. The predicted molar refractivity (Wildman–Crippen MR) is 78.5 cm³/mol. The number of hydrogen-bond acceptors (Lipinski definition) is 5. The summed E-state index contributed by atoms with van der Waals surface area (Å²) in [5.41, 5.74) is 0.696. The fourth-order valence-electron chi connectivity index (χ4n) is 2.42. The molecule has 3 heterocycles. The molecule has 1 aliphatic rings. The van der Waals surface area contributed by atoms with E-state index in [2.05, 4.69) is 30.4 Å². The molecule has 2 N–H and O–H groups in total. The minimum absolute atomic E-state index is 0.0801. The van der Waals surface area contributed by atoms with Crippen molar-refractivity contribution in [2.24, 2.45) is 0 Å². The first-order valence-corrected chi connectivity index (χ1v) is 7.17. The maximum Gasteiger partial charge on any atom is 0.249 e. The van der Waals surface area contributed by atoms with Crippen LogP contribution in [0.5, 0.6) is 0 Å². The number of H-pyrrole nitrogens is 1. The number of carbonyl (C=O) groups is 1. The van der Waals surface area contributed by atoms with E-state index in [-0.39, 0.29) is 11.9 Å². The van der Waals surface area contributed by atoms with Gasteiger partial charge in [0.1, 0.15) is 5.69 Å². The van der Waals surface area contributed by atoms with Crippen molar-refractivity contribution in [2.45, 2.75) is 19.3 Å². The van der Waals surface area contributed by atoms with Crippen molar-refractivity contribution in [3.8, 4) is 11.5 Å². The standard InChI is InChI=1S/C14H18N6O/c21-12(10-20-8-4-1-5-9-20)16-14-17-13(18-19-14)11-6-2-3-7-15-11/h2-3,6-7H,1,4-5,8-10H2,(H2,16,17,18,19,21). The van der Waals surface area contributed by atoms with E-state index in [1.165, 1.54) is 6.42 Å². The Bertz CT molecular complexity index is 591. The van der Waals surface area contributed by atoms with Crippen LogP contribution in [0.15, 0.2) is 24.4 Å². The molecule has 0 saturated carbocycles. The van der Waals surface area contributed by atoms with Crippen LogP contribution in [0.2, 0.25) is 0 Å². The van der Waals surface area contributed by atoms with Crippen LogP contribution >= 0.6 is 0 Å². The number of nitrogens with one attached hydrogen (secondary N) is 2. The van der Waals surface area contributed by atoms with Gasteiger partial charge in [0.05, 0.1) is 6.54 Å². The number of anilines is 1. The minimum Gasteiger partial charge on any atom is -0.295 e. The number of nitrogens with zero attached hydrogens (tertiary/aromatic N) is 4. The van der Waals surface area contributed by atoms with Gasteiger partial charge in [-0.15, -0.1) is 5.10 Å².